The lowest BCUT2D eigenvalue weighted by atomic mass is 10.5. The molecule has 0 spiro atoms. The first-order valence-electron chi connectivity index (χ1n) is 4.30. The van der Waals surface area contributed by atoms with Crippen LogP contribution in [-0.2, 0) is 9.47 Å². The molecule has 78 valence electrons. The maximum Gasteiger partial charge on any atom is 0.407 e. The third-order valence-corrected chi connectivity index (χ3v) is 1.09. The van der Waals surface area contributed by atoms with Crippen molar-refractivity contribution in [1.29, 1.82) is 0 Å². The second-order valence-electron chi connectivity index (χ2n) is 2.72. The number of aliphatic hydroxyl groups excluding tert-OH is 1. The summed E-state index contributed by atoms with van der Waals surface area (Å²) in [5.41, 5.74) is 0. The van der Waals surface area contributed by atoms with Crippen LogP contribution in [-0.4, -0.2) is 43.7 Å². The minimum absolute atomic E-state index is 0.00353. The van der Waals surface area contributed by atoms with Gasteiger partial charge in [0.1, 0.15) is 0 Å². The van der Waals surface area contributed by atoms with Crippen molar-refractivity contribution in [3.63, 3.8) is 0 Å². The number of rotatable bonds is 6. The molecule has 0 aliphatic rings. The van der Waals surface area contributed by atoms with Crippen LogP contribution in [0.25, 0.3) is 0 Å². The Balaban J connectivity index is 3.17. The van der Waals surface area contributed by atoms with Crippen LogP contribution in [0.1, 0.15) is 13.8 Å². The summed E-state index contributed by atoms with van der Waals surface area (Å²) in [7, 11) is 0. The van der Waals surface area contributed by atoms with Crippen LogP contribution in [0, 0.1) is 0 Å². The van der Waals surface area contributed by atoms with E-state index in [4.69, 9.17) is 14.6 Å². The summed E-state index contributed by atoms with van der Waals surface area (Å²) >= 11 is 0. The van der Waals surface area contributed by atoms with Gasteiger partial charge in [0.15, 0.2) is 0 Å². The van der Waals surface area contributed by atoms with Crippen molar-refractivity contribution in [3.8, 4) is 0 Å². The molecule has 0 aliphatic carbocycles. The summed E-state index contributed by atoms with van der Waals surface area (Å²) in [5, 5.41) is 10.9. The van der Waals surface area contributed by atoms with Gasteiger partial charge in [0, 0.05) is 6.54 Å². The molecule has 2 N–H and O–H groups in total. The van der Waals surface area contributed by atoms with E-state index >= 15 is 0 Å². The minimum Gasteiger partial charge on any atom is -0.447 e. The Bertz CT molecular complexity index is 138. The van der Waals surface area contributed by atoms with Crippen LogP contribution >= 0.6 is 0 Å². The van der Waals surface area contributed by atoms with Gasteiger partial charge < -0.3 is 19.9 Å². The quantitative estimate of drug-likeness (QED) is 0.585. The molecule has 0 saturated carbocycles. The number of nitrogens with one attached hydrogen (secondary N) is 1. The number of carbonyl (C=O) groups is 1. The second-order valence-corrected chi connectivity index (χ2v) is 2.72. The zero-order valence-corrected chi connectivity index (χ0v) is 8.08. The molecule has 0 radical (unpaired) electrons. The van der Waals surface area contributed by atoms with Gasteiger partial charge in [-0.25, -0.2) is 4.79 Å². The monoisotopic (exact) mass is 191 g/mol. The lowest BCUT2D eigenvalue weighted by Crippen LogP contribution is -2.30. The number of hydrogen-bond donors (Lipinski definition) is 2. The van der Waals surface area contributed by atoms with Gasteiger partial charge in [-0.2, -0.15) is 0 Å². The fraction of sp³-hybridized carbons (Fsp3) is 0.875. The summed E-state index contributed by atoms with van der Waals surface area (Å²) < 4.78 is 9.72. The predicted molar refractivity (Wildman–Crippen MR) is 47.5 cm³/mol. The van der Waals surface area contributed by atoms with Crippen molar-refractivity contribution in [2.45, 2.75) is 20.0 Å². The summed E-state index contributed by atoms with van der Waals surface area (Å²) in [4.78, 5) is 10.8. The first-order valence-corrected chi connectivity index (χ1v) is 4.30. The Labute approximate surface area is 78.0 Å². The van der Waals surface area contributed by atoms with Crippen molar-refractivity contribution in [2.24, 2.45) is 0 Å². The normalized spacial score (nSPS) is 10.2. The van der Waals surface area contributed by atoms with Crippen LogP contribution in [0.15, 0.2) is 0 Å². The van der Waals surface area contributed by atoms with Gasteiger partial charge in [0.25, 0.3) is 0 Å². The smallest absolute Gasteiger partial charge is 0.407 e. The fourth-order valence-corrected chi connectivity index (χ4v) is 0.648. The molecule has 0 unspecified atom stereocenters. The van der Waals surface area contributed by atoms with E-state index in [-0.39, 0.29) is 12.7 Å². The minimum atomic E-state index is -0.442. The summed E-state index contributed by atoms with van der Waals surface area (Å²) in [6.45, 7) is 4.63. The van der Waals surface area contributed by atoms with Crippen molar-refractivity contribution in [2.75, 3.05) is 26.4 Å². The van der Waals surface area contributed by atoms with Gasteiger partial charge >= 0.3 is 6.09 Å². The topological polar surface area (TPSA) is 67.8 Å². The van der Waals surface area contributed by atoms with Gasteiger partial charge in [-0.15, -0.1) is 0 Å². The van der Waals surface area contributed by atoms with Gasteiger partial charge in [-0.05, 0) is 13.8 Å². The lowest BCUT2D eigenvalue weighted by molar-refractivity contribution is 0.0864. The Morgan fingerprint density at radius 1 is 1.46 bits per heavy atom. The highest BCUT2D eigenvalue weighted by atomic mass is 16.6. The average molecular weight is 191 g/mol. The highest BCUT2D eigenvalue weighted by molar-refractivity contribution is 5.67. The van der Waals surface area contributed by atoms with E-state index in [0.29, 0.717) is 19.8 Å². The number of hydrogen-bond acceptors (Lipinski definition) is 4. The molecule has 0 aromatic carbocycles. The molecule has 13 heavy (non-hydrogen) atoms. The largest absolute Gasteiger partial charge is 0.447 e. The van der Waals surface area contributed by atoms with Gasteiger partial charge in [-0.3, -0.25) is 0 Å². The van der Waals surface area contributed by atoms with Crippen LogP contribution < -0.4 is 5.32 Å². The average Bonchev–Trinajstić information content (AvgIpc) is 2.02. The molecule has 0 fully saturated rings. The number of amides is 1. The van der Waals surface area contributed by atoms with Crippen molar-refractivity contribution in [1.82, 2.24) is 5.32 Å². The maximum absolute atomic E-state index is 10.8. The molecule has 0 rings (SSSR count). The fourth-order valence-electron chi connectivity index (χ4n) is 0.648. The van der Waals surface area contributed by atoms with E-state index in [0.717, 1.165) is 0 Å². The molecule has 5 heteroatoms. The molecule has 0 aromatic rings. The molecule has 0 aliphatic heterocycles. The third kappa shape index (κ3) is 9.10. The molecule has 1 amide bonds. The maximum atomic E-state index is 10.8. The first kappa shape index (κ1) is 12.2. The summed E-state index contributed by atoms with van der Waals surface area (Å²) in [5.74, 6) is 0. The highest BCUT2D eigenvalue weighted by Gasteiger charge is 2.02. The van der Waals surface area contributed by atoms with Crippen LogP contribution in [0.5, 0.6) is 0 Å². The summed E-state index contributed by atoms with van der Waals surface area (Å²) in [6, 6.07) is 0. The zero-order chi connectivity index (χ0) is 10.1. The number of aliphatic hydroxyl groups is 1. The Hall–Kier alpha value is -0.810. The number of ether oxygens (including phenoxy) is 2. The molecule has 0 aromatic heterocycles. The van der Waals surface area contributed by atoms with E-state index in [9.17, 15) is 4.79 Å². The Morgan fingerprint density at radius 3 is 2.69 bits per heavy atom. The van der Waals surface area contributed by atoms with Crippen molar-refractivity contribution < 1.29 is 19.4 Å². The Kier molecular flexibility index (Phi) is 7.33. The second kappa shape index (κ2) is 7.82. The third-order valence-electron chi connectivity index (χ3n) is 1.09. The predicted octanol–water partition coefficient (Wildman–Crippen LogP) is 0.130. The van der Waals surface area contributed by atoms with Gasteiger partial charge in [-0.1, -0.05) is 0 Å². The van der Waals surface area contributed by atoms with Crippen LogP contribution in [0.2, 0.25) is 0 Å². The molecule has 5 nitrogen and oxygen atoms in total. The number of carbonyl (C=O) groups excluding carboxylic acids is 1. The van der Waals surface area contributed by atoms with E-state index < -0.39 is 6.09 Å². The van der Waals surface area contributed by atoms with Crippen molar-refractivity contribution in [3.05, 3.63) is 0 Å². The molecule has 0 saturated heterocycles. The van der Waals surface area contributed by atoms with E-state index in [2.05, 4.69) is 5.32 Å². The number of alkyl carbamates (subject to hydrolysis) is 1. The summed E-state index contributed by atoms with van der Waals surface area (Å²) in [6.07, 6.45) is -0.555. The van der Waals surface area contributed by atoms with E-state index in [1.165, 1.54) is 0 Å². The molecular formula is C8H17NO4. The van der Waals surface area contributed by atoms with E-state index in [1.807, 2.05) is 0 Å². The SMILES string of the molecule is CC(C)OC(=O)NCCOCCO. The van der Waals surface area contributed by atoms with Gasteiger partial charge in [0.05, 0.1) is 25.9 Å². The van der Waals surface area contributed by atoms with Gasteiger partial charge in [0.2, 0.25) is 0 Å². The van der Waals surface area contributed by atoms with Crippen molar-refractivity contribution >= 4 is 6.09 Å². The highest BCUT2D eigenvalue weighted by Crippen LogP contribution is 1.87. The first-order chi connectivity index (χ1) is 6.16. The zero-order valence-electron chi connectivity index (χ0n) is 8.08. The van der Waals surface area contributed by atoms with Crippen LogP contribution in [0.3, 0.4) is 0 Å². The standard InChI is InChI=1S/C8H17NO4/c1-7(2)13-8(11)9-3-5-12-6-4-10/h7,10H,3-6H2,1-2H3,(H,9,11). The molecule has 0 atom stereocenters. The van der Waals surface area contributed by atoms with Crippen LogP contribution in [0.4, 0.5) is 4.79 Å². The molecular weight excluding hydrogens is 174 g/mol. The molecule has 0 heterocycles. The van der Waals surface area contributed by atoms with E-state index in [1.54, 1.807) is 13.8 Å². The Morgan fingerprint density at radius 2 is 2.15 bits per heavy atom. The lowest BCUT2D eigenvalue weighted by Gasteiger charge is -2.09. The molecule has 0 bridgehead atoms.